The van der Waals surface area contributed by atoms with Gasteiger partial charge in [0.05, 0.1) is 6.61 Å². The minimum absolute atomic E-state index is 0.267. The molecule has 0 radical (unpaired) electrons. The fraction of sp³-hybridized carbons (Fsp3) is 0.529. The normalized spacial score (nSPS) is 10.7. The van der Waals surface area contributed by atoms with Crippen LogP contribution in [0.3, 0.4) is 0 Å². The van der Waals surface area contributed by atoms with Crippen LogP contribution in [0.15, 0.2) is 18.2 Å². The lowest BCUT2D eigenvalue weighted by atomic mass is 10.1. The molecule has 0 bridgehead atoms. The number of halogens is 1. The van der Waals surface area contributed by atoms with Gasteiger partial charge >= 0.3 is 11.9 Å². The van der Waals surface area contributed by atoms with E-state index < -0.39 is 11.9 Å². The Balaban J connectivity index is 2.19. The molecule has 0 amide bonds. The zero-order chi connectivity index (χ0) is 17.2. The van der Waals surface area contributed by atoms with Crippen molar-refractivity contribution in [1.29, 1.82) is 0 Å². The van der Waals surface area contributed by atoms with Crippen LogP contribution in [0.2, 0.25) is 5.02 Å². The van der Waals surface area contributed by atoms with Crippen molar-refractivity contribution in [1.82, 2.24) is 0 Å². The summed E-state index contributed by atoms with van der Waals surface area (Å²) in [6.45, 7) is 5.79. The first-order valence-corrected chi connectivity index (χ1v) is 7.96. The second kappa shape index (κ2) is 10.2. The summed E-state index contributed by atoms with van der Waals surface area (Å²) in [5.74, 6) is -0.0671. The maximum absolute atomic E-state index is 11.6. The predicted molar refractivity (Wildman–Crippen MR) is 87.7 cm³/mol. The van der Waals surface area contributed by atoms with Crippen LogP contribution in [0.1, 0.15) is 32.3 Å². The van der Waals surface area contributed by atoms with Gasteiger partial charge in [0.25, 0.3) is 0 Å². The van der Waals surface area contributed by atoms with Gasteiger partial charge in [-0.25, -0.2) is 9.59 Å². The summed E-state index contributed by atoms with van der Waals surface area (Å²) in [6, 6.07) is 4.94. The fourth-order valence-corrected chi connectivity index (χ4v) is 2.04. The molecule has 0 aromatic heterocycles. The van der Waals surface area contributed by atoms with Gasteiger partial charge in [0, 0.05) is 5.02 Å². The molecule has 0 fully saturated rings. The molecule has 0 N–H and O–H groups in total. The number of rotatable bonds is 9. The van der Waals surface area contributed by atoms with Gasteiger partial charge in [-0.3, -0.25) is 0 Å². The van der Waals surface area contributed by atoms with Gasteiger partial charge in [-0.2, -0.15) is 0 Å². The second-order valence-corrected chi connectivity index (χ2v) is 6.07. The maximum atomic E-state index is 11.6. The van der Waals surface area contributed by atoms with E-state index in [-0.39, 0.29) is 13.2 Å². The summed E-state index contributed by atoms with van der Waals surface area (Å²) in [5, 5.41) is 0.568. The first-order chi connectivity index (χ1) is 10.9. The van der Waals surface area contributed by atoms with E-state index in [0.717, 1.165) is 18.4 Å². The van der Waals surface area contributed by atoms with Crippen molar-refractivity contribution in [2.75, 3.05) is 19.8 Å². The molecule has 6 heteroatoms. The summed E-state index contributed by atoms with van der Waals surface area (Å²) in [7, 11) is 0. The zero-order valence-corrected chi connectivity index (χ0v) is 14.5. The lowest BCUT2D eigenvalue weighted by Crippen LogP contribution is -2.20. The van der Waals surface area contributed by atoms with Crippen LogP contribution in [-0.2, 0) is 19.1 Å². The number of hydrogen-bond acceptors (Lipinski definition) is 5. The molecule has 0 aliphatic heterocycles. The van der Waals surface area contributed by atoms with Crippen molar-refractivity contribution in [2.24, 2.45) is 5.92 Å². The van der Waals surface area contributed by atoms with Crippen molar-refractivity contribution in [3.63, 3.8) is 0 Å². The number of carbonyl (C=O) groups excluding carboxylic acids is 2. The van der Waals surface area contributed by atoms with Gasteiger partial charge in [0.2, 0.25) is 0 Å². The fourth-order valence-electron chi connectivity index (χ4n) is 1.82. The molecule has 0 aliphatic carbocycles. The van der Waals surface area contributed by atoms with Crippen LogP contribution in [0.25, 0.3) is 0 Å². The third kappa shape index (κ3) is 8.57. The Labute approximate surface area is 141 Å². The number of benzene rings is 1. The van der Waals surface area contributed by atoms with E-state index >= 15 is 0 Å². The highest BCUT2D eigenvalue weighted by molar-refractivity contribution is 6.30. The Bertz CT molecular complexity index is 528. The largest absolute Gasteiger partial charge is 0.464 e. The first-order valence-electron chi connectivity index (χ1n) is 7.58. The Morgan fingerprint density at radius 2 is 1.87 bits per heavy atom. The van der Waals surface area contributed by atoms with Crippen molar-refractivity contribution >= 4 is 23.5 Å². The van der Waals surface area contributed by atoms with Gasteiger partial charge < -0.3 is 14.2 Å². The number of aryl methyl sites for hydroxylation is 1. The predicted octanol–water partition coefficient (Wildman–Crippen LogP) is 3.55. The van der Waals surface area contributed by atoms with E-state index in [1.54, 1.807) is 25.1 Å². The summed E-state index contributed by atoms with van der Waals surface area (Å²) in [4.78, 5) is 23.0. The summed E-state index contributed by atoms with van der Waals surface area (Å²) in [6.07, 6.45) is 1.82. The lowest BCUT2D eigenvalue weighted by molar-refractivity contribution is -0.152. The Morgan fingerprint density at radius 3 is 2.52 bits per heavy atom. The molecular formula is C17H23ClO5. The summed E-state index contributed by atoms with van der Waals surface area (Å²) in [5.41, 5.74) is 0.746. The standard InChI is InChI=1S/C17H23ClO5/c1-12(2)5-4-8-22-16(19)10-21-11-17(20)23-15-7-6-14(18)9-13(15)3/h6-7,9,12H,4-5,8,10-11H2,1-3H3. The minimum Gasteiger partial charge on any atom is -0.464 e. The SMILES string of the molecule is Cc1cc(Cl)ccc1OC(=O)COCC(=O)OCCCC(C)C. The van der Waals surface area contributed by atoms with Crippen LogP contribution >= 0.6 is 11.6 Å². The average molecular weight is 343 g/mol. The molecule has 1 aromatic rings. The van der Waals surface area contributed by atoms with Gasteiger partial charge in [0.15, 0.2) is 0 Å². The molecule has 0 spiro atoms. The molecule has 0 heterocycles. The van der Waals surface area contributed by atoms with Crippen molar-refractivity contribution in [2.45, 2.75) is 33.6 Å². The Kier molecular flexibility index (Phi) is 8.66. The highest BCUT2D eigenvalue weighted by Crippen LogP contribution is 2.21. The number of esters is 2. The van der Waals surface area contributed by atoms with Gasteiger partial charge in [-0.15, -0.1) is 0 Å². The molecule has 1 aromatic carbocycles. The van der Waals surface area contributed by atoms with Crippen LogP contribution in [0.4, 0.5) is 0 Å². The zero-order valence-electron chi connectivity index (χ0n) is 13.8. The minimum atomic E-state index is -0.581. The van der Waals surface area contributed by atoms with Gasteiger partial charge in [0.1, 0.15) is 19.0 Å². The summed E-state index contributed by atoms with van der Waals surface area (Å²) < 4.78 is 15.1. The van der Waals surface area contributed by atoms with Crippen molar-refractivity contribution < 1.29 is 23.8 Å². The number of hydrogen-bond donors (Lipinski definition) is 0. The molecule has 5 nitrogen and oxygen atoms in total. The number of ether oxygens (including phenoxy) is 3. The smallest absolute Gasteiger partial charge is 0.337 e. The molecule has 23 heavy (non-hydrogen) atoms. The average Bonchev–Trinajstić information content (AvgIpc) is 2.46. The molecule has 0 aliphatic rings. The van der Waals surface area contributed by atoms with Crippen molar-refractivity contribution in [3.8, 4) is 5.75 Å². The lowest BCUT2D eigenvalue weighted by Gasteiger charge is -2.08. The summed E-state index contributed by atoms with van der Waals surface area (Å²) >= 11 is 5.82. The van der Waals surface area contributed by atoms with Gasteiger partial charge in [-0.05, 0) is 49.4 Å². The Morgan fingerprint density at radius 1 is 1.17 bits per heavy atom. The van der Waals surface area contributed by atoms with E-state index in [1.165, 1.54) is 0 Å². The van der Waals surface area contributed by atoms with E-state index in [1.807, 2.05) is 0 Å². The van der Waals surface area contributed by atoms with Crippen LogP contribution < -0.4 is 4.74 Å². The monoisotopic (exact) mass is 342 g/mol. The maximum Gasteiger partial charge on any atom is 0.337 e. The van der Waals surface area contributed by atoms with Crippen LogP contribution in [-0.4, -0.2) is 31.8 Å². The molecule has 0 saturated carbocycles. The van der Waals surface area contributed by atoms with Crippen molar-refractivity contribution in [3.05, 3.63) is 28.8 Å². The van der Waals surface area contributed by atoms with E-state index in [4.69, 9.17) is 25.8 Å². The number of carbonyl (C=O) groups is 2. The highest BCUT2D eigenvalue weighted by atomic mass is 35.5. The van der Waals surface area contributed by atoms with Crippen LogP contribution in [0.5, 0.6) is 5.75 Å². The topological polar surface area (TPSA) is 61.8 Å². The van der Waals surface area contributed by atoms with Gasteiger partial charge in [-0.1, -0.05) is 25.4 Å². The molecule has 0 unspecified atom stereocenters. The van der Waals surface area contributed by atoms with Crippen LogP contribution in [0, 0.1) is 12.8 Å². The third-order valence-electron chi connectivity index (χ3n) is 2.99. The van der Waals surface area contributed by atoms with E-state index in [9.17, 15) is 9.59 Å². The third-order valence-corrected chi connectivity index (χ3v) is 3.22. The molecule has 1 rings (SSSR count). The highest BCUT2D eigenvalue weighted by Gasteiger charge is 2.10. The quantitative estimate of drug-likeness (QED) is 0.390. The van der Waals surface area contributed by atoms with E-state index in [2.05, 4.69) is 13.8 Å². The molecular weight excluding hydrogens is 320 g/mol. The molecule has 0 saturated heterocycles. The Hall–Kier alpha value is -1.59. The van der Waals surface area contributed by atoms with E-state index in [0.29, 0.717) is 23.3 Å². The molecule has 0 atom stereocenters. The second-order valence-electron chi connectivity index (χ2n) is 5.63. The molecule has 128 valence electrons. The first kappa shape index (κ1) is 19.5.